The van der Waals surface area contributed by atoms with Gasteiger partial charge in [-0.25, -0.2) is 9.37 Å². The molecule has 178 valence electrons. The molecule has 3 aliphatic rings. The predicted octanol–water partition coefficient (Wildman–Crippen LogP) is 7.28. The Morgan fingerprint density at radius 3 is 2.54 bits per heavy atom. The van der Waals surface area contributed by atoms with Gasteiger partial charge in [-0.05, 0) is 43.0 Å². The van der Waals surface area contributed by atoms with Gasteiger partial charge < -0.3 is 9.42 Å². The van der Waals surface area contributed by atoms with Crippen LogP contribution in [0.3, 0.4) is 0 Å². The van der Waals surface area contributed by atoms with E-state index in [-0.39, 0.29) is 28.4 Å². The molecule has 2 aliphatic carbocycles. The zero-order valence-electron chi connectivity index (χ0n) is 18.4. The van der Waals surface area contributed by atoms with Crippen molar-refractivity contribution >= 4 is 32.3 Å². The van der Waals surface area contributed by atoms with E-state index in [0.29, 0.717) is 11.3 Å². The van der Waals surface area contributed by atoms with Crippen LogP contribution in [0.15, 0.2) is 53.1 Å². The van der Waals surface area contributed by atoms with Gasteiger partial charge in [-0.15, -0.1) is 0 Å². The number of aromatic nitrogens is 2. The van der Waals surface area contributed by atoms with Crippen molar-refractivity contribution in [3.63, 3.8) is 0 Å². The Morgan fingerprint density at radius 2 is 1.83 bits per heavy atom. The van der Waals surface area contributed by atoms with Crippen molar-refractivity contribution in [2.75, 3.05) is 18.0 Å². The summed E-state index contributed by atoms with van der Waals surface area (Å²) in [6.45, 7) is 1.49. The highest BCUT2D eigenvalue weighted by atomic mass is 32.1. The molecule has 0 radical (unpaired) electrons. The van der Waals surface area contributed by atoms with Crippen LogP contribution in [0.25, 0.3) is 27.0 Å². The van der Waals surface area contributed by atoms with Gasteiger partial charge in [0.05, 0.1) is 10.3 Å². The standard InChI is InChI=1S/C26H19F4N3OS/c27-18-6-3-7-19-22(18)31-24(35-19)33-12-25(13-33)10-15(11-25)20-21(32-34-23(20)14-8-9-14)16-4-1-2-5-17(16)26(28,29)30/h1-7,10,14H,8-9,11-13H2. The molecule has 1 aliphatic heterocycles. The van der Waals surface area contributed by atoms with E-state index in [0.717, 1.165) is 59.4 Å². The maximum atomic E-state index is 14.0. The van der Waals surface area contributed by atoms with Gasteiger partial charge in [-0.2, -0.15) is 13.2 Å². The third-order valence-electron chi connectivity index (χ3n) is 7.14. The molecular formula is C26H19F4N3OS. The maximum Gasteiger partial charge on any atom is 0.417 e. The highest BCUT2D eigenvalue weighted by Crippen LogP contribution is 2.56. The van der Waals surface area contributed by atoms with Crippen molar-refractivity contribution in [3.05, 3.63) is 71.2 Å². The molecule has 9 heteroatoms. The first-order valence-electron chi connectivity index (χ1n) is 11.5. The summed E-state index contributed by atoms with van der Waals surface area (Å²) in [6.07, 6.45) is 0.346. The van der Waals surface area contributed by atoms with Gasteiger partial charge in [-0.1, -0.05) is 46.8 Å². The Kier molecular flexibility index (Phi) is 4.32. The minimum Gasteiger partial charge on any atom is -0.360 e. The highest BCUT2D eigenvalue weighted by molar-refractivity contribution is 7.22. The van der Waals surface area contributed by atoms with E-state index in [1.807, 2.05) is 6.07 Å². The summed E-state index contributed by atoms with van der Waals surface area (Å²) in [6, 6.07) is 10.5. The molecule has 2 aromatic carbocycles. The zero-order chi connectivity index (χ0) is 23.9. The van der Waals surface area contributed by atoms with Crippen molar-refractivity contribution in [3.8, 4) is 11.3 Å². The van der Waals surface area contributed by atoms with Gasteiger partial charge in [0.1, 0.15) is 22.8 Å². The number of anilines is 1. The van der Waals surface area contributed by atoms with Crippen LogP contribution in [0, 0.1) is 11.2 Å². The molecule has 2 fully saturated rings. The van der Waals surface area contributed by atoms with Crippen LogP contribution in [0.1, 0.15) is 42.1 Å². The van der Waals surface area contributed by atoms with E-state index in [1.165, 1.54) is 29.5 Å². The third-order valence-corrected chi connectivity index (χ3v) is 8.22. The number of nitrogens with zero attached hydrogens (tertiary/aromatic N) is 3. The van der Waals surface area contributed by atoms with Crippen molar-refractivity contribution in [2.24, 2.45) is 5.41 Å². The van der Waals surface area contributed by atoms with Crippen LogP contribution < -0.4 is 4.90 Å². The van der Waals surface area contributed by atoms with Crippen molar-refractivity contribution < 1.29 is 22.1 Å². The zero-order valence-corrected chi connectivity index (χ0v) is 19.2. The molecular weight excluding hydrogens is 478 g/mol. The molecule has 0 amide bonds. The lowest BCUT2D eigenvalue weighted by Gasteiger charge is -2.54. The monoisotopic (exact) mass is 497 g/mol. The van der Waals surface area contributed by atoms with Crippen LogP contribution in [0.4, 0.5) is 22.7 Å². The quantitative estimate of drug-likeness (QED) is 0.278. The van der Waals surface area contributed by atoms with E-state index in [2.05, 4.69) is 21.1 Å². The van der Waals surface area contributed by atoms with Gasteiger partial charge in [0.15, 0.2) is 5.13 Å². The van der Waals surface area contributed by atoms with Gasteiger partial charge >= 0.3 is 6.18 Å². The number of para-hydroxylation sites is 1. The second kappa shape index (κ2) is 7.16. The second-order valence-electron chi connectivity index (χ2n) is 9.74. The fourth-order valence-electron chi connectivity index (χ4n) is 5.33. The fraction of sp³-hybridized carbons (Fsp3) is 0.308. The number of halogens is 4. The molecule has 0 N–H and O–H groups in total. The van der Waals surface area contributed by atoms with Crippen LogP contribution in [0.2, 0.25) is 0 Å². The summed E-state index contributed by atoms with van der Waals surface area (Å²) in [5.74, 6) is 0.603. The summed E-state index contributed by atoms with van der Waals surface area (Å²) >= 11 is 1.47. The summed E-state index contributed by atoms with van der Waals surface area (Å²) < 4.78 is 61.7. The topological polar surface area (TPSA) is 42.2 Å². The average molecular weight is 498 g/mol. The molecule has 0 atom stereocenters. The normalized spacial score (nSPS) is 19.1. The van der Waals surface area contributed by atoms with E-state index in [9.17, 15) is 17.6 Å². The first-order chi connectivity index (χ1) is 16.8. The Balaban J connectivity index is 1.20. The lowest BCUT2D eigenvalue weighted by atomic mass is 9.64. The van der Waals surface area contributed by atoms with Gasteiger partial charge in [0.25, 0.3) is 0 Å². The number of hydrogen-bond acceptors (Lipinski definition) is 5. The lowest BCUT2D eigenvalue weighted by molar-refractivity contribution is -0.137. The van der Waals surface area contributed by atoms with E-state index < -0.39 is 11.7 Å². The van der Waals surface area contributed by atoms with E-state index >= 15 is 0 Å². The summed E-state index contributed by atoms with van der Waals surface area (Å²) in [4.78, 5) is 6.61. The first-order valence-corrected chi connectivity index (χ1v) is 12.3. The fourth-order valence-corrected chi connectivity index (χ4v) is 6.31. The van der Waals surface area contributed by atoms with Crippen LogP contribution in [0.5, 0.6) is 0 Å². The maximum absolute atomic E-state index is 14.0. The minimum atomic E-state index is -4.48. The molecule has 1 saturated carbocycles. The smallest absolute Gasteiger partial charge is 0.360 e. The highest BCUT2D eigenvalue weighted by Gasteiger charge is 2.50. The number of fused-ring (bicyclic) bond motifs is 1. The number of thiazole rings is 1. The molecule has 2 aromatic heterocycles. The van der Waals surface area contributed by atoms with Crippen LogP contribution in [-0.2, 0) is 6.18 Å². The molecule has 0 bridgehead atoms. The number of allylic oxidation sites excluding steroid dienone is 1. The van der Waals surface area contributed by atoms with Crippen molar-refractivity contribution in [2.45, 2.75) is 31.4 Å². The van der Waals surface area contributed by atoms with E-state index in [4.69, 9.17) is 4.52 Å². The molecule has 1 saturated heterocycles. The van der Waals surface area contributed by atoms with Crippen LogP contribution >= 0.6 is 11.3 Å². The summed E-state index contributed by atoms with van der Waals surface area (Å²) in [5.41, 5.74) is 1.70. The first kappa shape index (κ1) is 21.1. The number of hydrogen-bond donors (Lipinski definition) is 0. The molecule has 7 rings (SSSR count). The van der Waals surface area contributed by atoms with Gasteiger partial charge in [0, 0.05) is 35.5 Å². The largest absolute Gasteiger partial charge is 0.417 e. The Hall–Kier alpha value is -3.20. The average Bonchev–Trinajstić information content (AvgIpc) is 3.37. The number of rotatable bonds is 4. The Labute approximate surface area is 201 Å². The Bertz CT molecular complexity index is 1510. The van der Waals surface area contributed by atoms with Gasteiger partial charge in [0.2, 0.25) is 0 Å². The minimum absolute atomic E-state index is 0.0510. The predicted molar refractivity (Wildman–Crippen MR) is 126 cm³/mol. The van der Waals surface area contributed by atoms with Crippen molar-refractivity contribution in [1.82, 2.24) is 10.1 Å². The second-order valence-corrected chi connectivity index (χ2v) is 10.7. The summed E-state index contributed by atoms with van der Waals surface area (Å²) in [5, 5.41) is 4.93. The lowest BCUT2D eigenvalue weighted by Crippen LogP contribution is -2.58. The molecule has 1 spiro atoms. The molecule has 35 heavy (non-hydrogen) atoms. The Morgan fingerprint density at radius 1 is 1.06 bits per heavy atom. The van der Waals surface area contributed by atoms with Gasteiger partial charge in [-0.3, -0.25) is 0 Å². The molecule has 4 nitrogen and oxygen atoms in total. The SMILES string of the molecule is Fc1cccc2sc(N3CC4(C=C(c5c(-c6ccccc6C(F)(F)F)noc5C5CC5)C4)C3)nc12. The summed E-state index contributed by atoms with van der Waals surface area (Å²) in [7, 11) is 0. The van der Waals surface area contributed by atoms with Crippen LogP contribution in [-0.4, -0.2) is 23.2 Å². The number of benzene rings is 2. The van der Waals surface area contributed by atoms with E-state index in [1.54, 1.807) is 12.1 Å². The van der Waals surface area contributed by atoms with Crippen molar-refractivity contribution in [1.29, 1.82) is 0 Å². The molecule has 4 aromatic rings. The third kappa shape index (κ3) is 3.31. The number of alkyl halides is 3. The molecule has 3 heterocycles. The molecule has 0 unspecified atom stereocenters.